The van der Waals surface area contributed by atoms with Crippen LogP contribution in [-0.4, -0.2) is 59.3 Å². The van der Waals surface area contributed by atoms with Crippen molar-refractivity contribution in [1.82, 2.24) is 10.2 Å². The summed E-state index contributed by atoms with van der Waals surface area (Å²) >= 11 is 2.02. The van der Waals surface area contributed by atoms with Crippen LogP contribution in [0.25, 0.3) is 0 Å². The largest absolute Gasteiger partial charge is 0.390 e. The van der Waals surface area contributed by atoms with Gasteiger partial charge >= 0.3 is 0 Å². The van der Waals surface area contributed by atoms with Gasteiger partial charge in [-0.3, -0.25) is 4.90 Å². The summed E-state index contributed by atoms with van der Waals surface area (Å²) in [7, 11) is 0. The molecule has 1 saturated carbocycles. The van der Waals surface area contributed by atoms with Crippen LogP contribution < -0.4 is 5.32 Å². The van der Waals surface area contributed by atoms with E-state index in [1.807, 2.05) is 11.8 Å². The van der Waals surface area contributed by atoms with Crippen molar-refractivity contribution < 1.29 is 5.11 Å². The fourth-order valence-corrected chi connectivity index (χ4v) is 3.04. The molecule has 0 spiro atoms. The molecule has 0 amide bonds. The number of aliphatic hydroxyl groups is 1. The van der Waals surface area contributed by atoms with Crippen molar-refractivity contribution in [2.24, 2.45) is 0 Å². The summed E-state index contributed by atoms with van der Waals surface area (Å²) in [5.74, 6) is 2.43. The van der Waals surface area contributed by atoms with Crippen molar-refractivity contribution in [3.05, 3.63) is 0 Å². The molecule has 2 N–H and O–H groups in total. The molecule has 1 aliphatic carbocycles. The zero-order valence-electron chi connectivity index (χ0n) is 9.48. The third-order valence-corrected chi connectivity index (χ3v) is 4.36. The zero-order valence-corrected chi connectivity index (χ0v) is 10.3. The van der Waals surface area contributed by atoms with E-state index in [4.69, 9.17) is 0 Å². The van der Waals surface area contributed by atoms with E-state index in [2.05, 4.69) is 17.1 Å². The van der Waals surface area contributed by atoms with Gasteiger partial charge in [0.15, 0.2) is 0 Å². The second-order valence-corrected chi connectivity index (χ2v) is 5.91. The number of β-amino-alcohol motifs (C(OH)–C–C–N with tert-alkyl or cyclic N) is 1. The fraction of sp³-hybridized carbons (Fsp3) is 1.00. The Bertz CT molecular complexity index is 199. The first-order valence-electron chi connectivity index (χ1n) is 5.99. The van der Waals surface area contributed by atoms with Crippen molar-refractivity contribution in [2.45, 2.75) is 38.0 Å². The van der Waals surface area contributed by atoms with Gasteiger partial charge in [-0.25, -0.2) is 0 Å². The third kappa shape index (κ3) is 3.94. The van der Waals surface area contributed by atoms with Gasteiger partial charge in [-0.15, -0.1) is 0 Å². The second-order valence-electron chi connectivity index (χ2n) is 4.76. The average molecular weight is 230 g/mol. The Labute approximate surface area is 96.6 Å². The highest BCUT2D eigenvalue weighted by molar-refractivity contribution is 7.99. The van der Waals surface area contributed by atoms with E-state index >= 15 is 0 Å². The summed E-state index contributed by atoms with van der Waals surface area (Å²) in [5.41, 5.74) is 0. The van der Waals surface area contributed by atoms with E-state index < -0.39 is 0 Å². The van der Waals surface area contributed by atoms with Crippen LogP contribution in [0.1, 0.15) is 19.8 Å². The predicted octanol–water partition coefficient (Wildman–Crippen LogP) is 0.537. The van der Waals surface area contributed by atoms with Gasteiger partial charge in [0.1, 0.15) is 0 Å². The van der Waals surface area contributed by atoms with E-state index in [0.29, 0.717) is 12.1 Å². The van der Waals surface area contributed by atoms with Gasteiger partial charge in [0.05, 0.1) is 6.10 Å². The SMILES string of the molecule is CC1CSCCN1CC(O)CNC1CC1. The maximum atomic E-state index is 9.88. The Morgan fingerprint density at radius 1 is 1.53 bits per heavy atom. The molecule has 1 aliphatic heterocycles. The Kier molecular flexibility index (Phi) is 4.31. The smallest absolute Gasteiger partial charge is 0.0791 e. The van der Waals surface area contributed by atoms with Crippen molar-refractivity contribution in [1.29, 1.82) is 0 Å². The van der Waals surface area contributed by atoms with Crippen LogP contribution in [-0.2, 0) is 0 Å². The predicted molar refractivity (Wildman–Crippen MR) is 65.4 cm³/mol. The van der Waals surface area contributed by atoms with Gasteiger partial charge in [-0.05, 0) is 19.8 Å². The second kappa shape index (κ2) is 5.53. The lowest BCUT2D eigenvalue weighted by molar-refractivity contribution is 0.0975. The molecule has 2 unspecified atom stereocenters. The Morgan fingerprint density at radius 3 is 3.00 bits per heavy atom. The minimum Gasteiger partial charge on any atom is -0.390 e. The summed E-state index contributed by atoms with van der Waals surface area (Å²) < 4.78 is 0. The molecule has 2 atom stereocenters. The number of nitrogens with one attached hydrogen (secondary N) is 1. The molecule has 15 heavy (non-hydrogen) atoms. The highest BCUT2D eigenvalue weighted by Gasteiger charge is 2.24. The van der Waals surface area contributed by atoms with Crippen LogP contribution in [0.4, 0.5) is 0 Å². The number of aliphatic hydroxyl groups excluding tert-OH is 1. The van der Waals surface area contributed by atoms with Crippen molar-refractivity contribution in [3.8, 4) is 0 Å². The van der Waals surface area contributed by atoms with Crippen LogP contribution >= 0.6 is 11.8 Å². The highest BCUT2D eigenvalue weighted by atomic mass is 32.2. The Balaban J connectivity index is 1.64. The van der Waals surface area contributed by atoms with Crippen molar-refractivity contribution in [2.75, 3.05) is 31.1 Å². The summed E-state index contributed by atoms with van der Waals surface area (Å²) in [5, 5.41) is 13.3. The molecule has 3 nitrogen and oxygen atoms in total. The summed E-state index contributed by atoms with van der Waals surface area (Å²) in [4.78, 5) is 2.41. The van der Waals surface area contributed by atoms with Crippen LogP contribution in [0.15, 0.2) is 0 Å². The minimum absolute atomic E-state index is 0.198. The van der Waals surface area contributed by atoms with Crippen molar-refractivity contribution >= 4 is 11.8 Å². The first-order valence-corrected chi connectivity index (χ1v) is 7.14. The van der Waals surface area contributed by atoms with Crippen LogP contribution in [0.2, 0.25) is 0 Å². The number of thioether (sulfide) groups is 1. The molecular weight excluding hydrogens is 208 g/mol. The van der Waals surface area contributed by atoms with E-state index in [9.17, 15) is 5.11 Å². The quantitative estimate of drug-likeness (QED) is 0.722. The number of hydrogen-bond donors (Lipinski definition) is 2. The Hall–Kier alpha value is 0.230. The molecule has 88 valence electrons. The molecule has 4 heteroatoms. The molecule has 1 heterocycles. The Morgan fingerprint density at radius 2 is 2.33 bits per heavy atom. The summed E-state index contributed by atoms with van der Waals surface area (Å²) in [6.07, 6.45) is 2.39. The lowest BCUT2D eigenvalue weighted by Crippen LogP contribution is -2.46. The molecule has 2 aliphatic rings. The van der Waals surface area contributed by atoms with E-state index in [1.54, 1.807) is 0 Å². The normalized spacial score (nSPS) is 30.4. The van der Waals surface area contributed by atoms with Gasteiger partial charge in [0.25, 0.3) is 0 Å². The van der Waals surface area contributed by atoms with Gasteiger partial charge in [0, 0.05) is 43.2 Å². The van der Waals surface area contributed by atoms with Crippen LogP contribution in [0, 0.1) is 0 Å². The minimum atomic E-state index is -0.198. The van der Waals surface area contributed by atoms with Crippen molar-refractivity contribution in [3.63, 3.8) is 0 Å². The number of hydrogen-bond acceptors (Lipinski definition) is 4. The first kappa shape index (κ1) is 11.7. The monoisotopic (exact) mass is 230 g/mol. The molecule has 2 rings (SSSR count). The number of nitrogens with zero attached hydrogens (tertiary/aromatic N) is 1. The molecule has 0 aromatic carbocycles. The molecule has 0 aromatic rings. The van der Waals surface area contributed by atoms with Gasteiger partial charge in [-0.1, -0.05) is 0 Å². The molecule has 0 bridgehead atoms. The van der Waals surface area contributed by atoms with E-state index in [0.717, 1.165) is 19.6 Å². The lowest BCUT2D eigenvalue weighted by atomic mass is 10.2. The zero-order chi connectivity index (χ0) is 10.7. The molecule has 2 fully saturated rings. The summed E-state index contributed by atoms with van der Waals surface area (Å²) in [6, 6.07) is 1.33. The van der Waals surface area contributed by atoms with Crippen LogP contribution in [0.5, 0.6) is 0 Å². The van der Waals surface area contributed by atoms with Crippen LogP contribution in [0.3, 0.4) is 0 Å². The standard InChI is InChI=1S/C11H22N2OS/c1-9-8-15-5-4-13(9)7-11(14)6-12-10-2-3-10/h9-12,14H,2-8H2,1H3. The lowest BCUT2D eigenvalue weighted by Gasteiger charge is -2.34. The number of rotatable bonds is 5. The van der Waals surface area contributed by atoms with Gasteiger partial charge in [0.2, 0.25) is 0 Å². The molecule has 0 radical (unpaired) electrons. The highest BCUT2D eigenvalue weighted by Crippen LogP contribution is 2.19. The summed E-state index contributed by atoms with van der Waals surface area (Å²) in [6.45, 7) is 4.99. The average Bonchev–Trinajstić information content (AvgIpc) is 3.02. The van der Waals surface area contributed by atoms with E-state index in [1.165, 1.54) is 24.3 Å². The third-order valence-electron chi connectivity index (χ3n) is 3.17. The van der Waals surface area contributed by atoms with Gasteiger partial charge < -0.3 is 10.4 Å². The maximum Gasteiger partial charge on any atom is 0.0791 e. The molecule has 1 saturated heterocycles. The first-order chi connectivity index (χ1) is 7.25. The maximum absolute atomic E-state index is 9.88. The fourth-order valence-electron chi connectivity index (χ4n) is 1.96. The molecule has 0 aromatic heterocycles. The van der Waals surface area contributed by atoms with E-state index in [-0.39, 0.29) is 6.10 Å². The topological polar surface area (TPSA) is 35.5 Å². The van der Waals surface area contributed by atoms with Gasteiger partial charge in [-0.2, -0.15) is 11.8 Å². The molecular formula is C11H22N2OS.